The minimum absolute atomic E-state index is 0.0342. The SMILES string of the molecule is C=C[C@@H](c1cc(C)c(O)c(O[C@H](C)/C=C/C)c1)[C@@H](C)CO[Si](c1ccccc1)(c1ccccc1)C(C)(C)C. The fraction of sp³-hybridized carbons (Fsp3) is 0.353. The number of hydrogen-bond acceptors (Lipinski definition) is 3. The highest BCUT2D eigenvalue weighted by molar-refractivity contribution is 6.99. The summed E-state index contributed by atoms with van der Waals surface area (Å²) in [6.07, 6.45) is 5.77. The maximum Gasteiger partial charge on any atom is 0.261 e. The maximum atomic E-state index is 10.7. The lowest BCUT2D eigenvalue weighted by molar-refractivity contribution is 0.234. The van der Waals surface area contributed by atoms with Crippen LogP contribution in [-0.2, 0) is 4.43 Å². The Kier molecular flexibility index (Phi) is 9.80. The van der Waals surface area contributed by atoms with Crippen LogP contribution in [0.1, 0.15) is 58.6 Å². The van der Waals surface area contributed by atoms with Crippen LogP contribution in [0.2, 0.25) is 5.04 Å². The van der Waals surface area contributed by atoms with Crippen molar-refractivity contribution in [2.24, 2.45) is 5.92 Å². The van der Waals surface area contributed by atoms with Gasteiger partial charge >= 0.3 is 0 Å². The van der Waals surface area contributed by atoms with E-state index in [4.69, 9.17) is 9.16 Å². The van der Waals surface area contributed by atoms with Crippen molar-refractivity contribution >= 4 is 18.7 Å². The van der Waals surface area contributed by atoms with E-state index in [2.05, 4.69) is 94.9 Å². The first-order valence-corrected chi connectivity index (χ1v) is 15.5. The molecule has 4 heteroatoms. The minimum atomic E-state index is -2.64. The van der Waals surface area contributed by atoms with Crippen LogP contribution in [0.4, 0.5) is 0 Å². The topological polar surface area (TPSA) is 38.7 Å². The number of phenols is 1. The average molecular weight is 529 g/mol. The van der Waals surface area contributed by atoms with Crippen LogP contribution in [0.15, 0.2) is 97.6 Å². The van der Waals surface area contributed by atoms with Crippen molar-refractivity contribution in [3.63, 3.8) is 0 Å². The van der Waals surface area contributed by atoms with Gasteiger partial charge in [0.1, 0.15) is 6.10 Å². The Morgan fingerprint density at radius 3 is 1.97 bits per heavy atom. The summed E-state index contributed by atoms with van der Waals surface area (Å²) in [7, 11) is -2.64. The van der Waals surface area contributed by atoms with Crippen molar-refractivity contribution in [1.82, 2.24) is 0 Å². The van der Waals surface area contributed by atoms with Gasteiger partial charge in [-0.1, -0.05) is 107 Å². The van der Waals surface area contributed by atoms with Gasteiger partial charge in [0.25, 0.3) is 8.32 Å². The van der Waals surface area contributed by atoms with Crippen LogP contribution >= 0.6 is 0 Å². The molecule has 0 aliphatic heterocycles. The molecular weight excluding hydrogens is 484 g/mol. The van der Waals surface area contributed by atoms with E-state index < -0.39 is 8.32 Å². The molecule has 3 nitrogen and oxygen atoms in total. The van der Waals surface area contributed by atoms with Gasteiger partial charge in [-0.25, -0.2) is 0 Å². The molecule has 3 aromatic rings. The van der Waals surface area contributed by atoms with Gasteiger partial charge in [-0.15, -0.1) is 6.58 Å². The number of aryl methyl sites for hydroxylation is 1. The smallest absolute Gasteiger partial charge is 0.261 e. The number of allylic oxidation sites excluding steroid dienone is 2. The highest BCUT2D eigenvalue weighted by Gasteiger charge is 2.50. The lowest BCUT2D eigenvalue weighted by Gasteiger charge is -2.44. The predicted molar refractivity (Wildman–Crippen MR) is 163 cm³/mol. The van der Waals surface area contributed by atoms with Gasteiger partial charge in [0.2, 0.25) is 0 Å². The lowest BCUT2D eigenvalue weighted by atomic mass is 9.87. The molecule has 0 saturated heterocycles. The number of ether oxygens (including phenoxy) is 1. The molecule has 0 bridgehead atoms. The van der Waals surface area contributed by atoms with E-state index in [1.165, 1.54) is 10.4 Å². The van der Waals surface area contributed by atoms with Crippen LogP contribution in [0.5, 0.6) is 11.5 Å². The second-order valence-corrected chi connectivity index (χ2v) is 15.6. The molecular formula is C34H44O3Si. The van der Waals surface area contributed by atoms with Crippen molar-refractivity contribution in [3.8, 4) is 11.5 Å². The van der Waals surface area contributed by atoms with Gasteiger partial charge in [0.05, 0.1) is 0 Å². The van der Waals surface area contributed by atoms with Crippen LogP contribution < -0.4 is 15.1 Å². The van der Waals surface area contributed by atoms with Gasteiger partial charge < -0.3 is 14.3 Å². The zero-order valence-electron chi connectivity index (χ0n) is 24.1. The monoisotopic (exact) mass is 528 g/mol. The van der Waals surface area contributed by atoms with Crippen LogP contribution in [0.25, 0.3) is 0 Å². The number of aromatic hydroxyl groups is 1. The number of rotatable bonds is 11. The molecule has 0 aromatic heterocycles. The first-order chi connectivity index (χ1) is 18.0. The zero-order chi connectivity index (χ0) is 27.9. The van der Waals surface area contributed by atoms with Crippen molar-refractivity contribution in [2.75, 3.05) is 6.61 Å². The van der Waals surface area contributed by atoms with Gasteiger partial charge in [0, 0.05) is 12.5 Å². The molecule has 38 heavy (non-hydrogen) atoms. The van der Waals surface area contributed by atoms with Gasteiger partial charge in [-0.3, -0.25) is 0 Å². The molecule has 0 amide bonds. The number of benzene rings is 3. The van der Waals surface area contributed by atoms with E-state index in [1.807, 2.05) is 51.1 Å². The summed E-state index contributed by atoms with van der Waals surface area (Å²) in [6, 6.07) is 25.5. The predicted octanol–water partition coefficient (Wildman–Crippen LogP) is 7.53. The van der Waals surface area contributed by atoms with Crippen LogP contribution in [-0.4, -0.2) is 26.1 Å². The Bertz CT molecular complexity index is 1170. The van der Waals surface area contributed by atoms with Crippen molar-refractivity contribution in [3.05, 3.63) is 109 Å². The van der Waals surface area contributed by atoms with Crippen molar-refractivity contribution in [2.45, 2.75) is 65.5 Å². The Morgan fingerprint density at radius 1 is 0.947 bits per heavy atom. The summed E-state index contributed by atoms with van der Waals surface area (Å²) in [4.78, 5) is 0. The van der Waals surface area contributed by atoms with E-state index >= 15 is 0 Å². The zero-order valence-corrected chi connectivity index (χ0v) is 25.1. The van der Waals surface area contributed by atoms with E-state index in [0.717, 1.165) is 11.1 Å². The van der Waals surface area contributed by atoms with Crippen molar-refractivity contribution < 1.29 is 14.3 Å². The van der Waals surface area contributed by atoms with Crippen LogP contribution in [0.3, 0.4) is 0 Å². The highest BCUT2D eigenvalue weighted by Crippen LogP contribution is 2.40. The Morgan fingerprint density at radius 2 is 1.50 bits per heavy atom. The molecule has 0 aliphatic rings. The molecule has 1 N–H and O–H groups in total. The Labute approximate surface area is 231 Å². The molecule has 3 rings (SSSR count). The Balaban J connectivity index is 1.98. The molecule has 202 valence electrons. The molecule has 0 saturated carbocycles. The third-order valence-corrected chi connectivity index (χ3v) is 12.3. The minimum Gasteiger partial charge on any atom is -0.504 e. The first-order valence-electron chi connectivity index (χ1n) is 13.6. The maximum absolute atomic E-state index is 10.7. The summed E-state index contributed by atoms with van der Waals surface area (Å²) in [5, 5.41) is 13.2. The largest absolute Gasteiger partial charge is 0.504 e. The van der Waals surface area contributed by atoms with E-state index in [0.29, 0.717) is 12.4 Å². The molecule has 3 atom stereocenters. The lowest BCUT2D eigenvalue weighted by Crippen LogP contribution is -2.66. The summed E-state index contributed by atoms with van der Waals surface area (Å²) in [5.74, 6) is 0.868. The molecule has 0 heterocycles. The highest BCUT2D eigenvalue weighted by atomic mass is 28.4. The second kappa shape index (κ2) is 12.6. The third kappa shape index (κ3) is 6.31. The molecule has 0 unspecified atom stereocenters. The van der Waals surface area contributed by atoms with E-state index in [-0.39, 0.29) is 28.7 Å². The third-order valence-electron chi connectivity index (χ3n) is 7.30. The van der Waals surface area contributed by atoms with E-state index in [9.17, 15) is 5.11 Å². The van der Waals surface area contributed by atoms with Crippen molar-refractivity contribution in [1.29, 1.82) is 0 Å². The van der Waals surface area contributed by atoms with Gasteiger partial charge in [-0.05, 0) is 65.4 Å². The second-order valence-electron chi connectivity index (χ2n) is 11.2. The molecule has 0 radical (unpaired) electrons. The van der Waals surface area contributed by atoms with Gasteiger partial charge in [0.15, 0.2) is 11.5 Å². The first kappa shape index (κ1) is 29.5. The summed E-state index contributed by atoms with van der Waals surface area (Å²) in [5.41, 5.74) is 1.86. The molecule has 0 aliphatic carbocycles. The standard InChI is InChI=1S/C34H44O3Si/c1-9-17-27(5)37-32-23-28(22-25(3)33(32)35)31(10-2)26(4)24-36-38(34(6,7)8,29-18-13-11-14-19-29)30-20-15-12-16-21-30/h9-23,26-27,31,35H,2,24H2,1,3-8H3/b17-9+/t26-,27+,31+/m0/s1. The average Bonchev–Trinajstić information content (AvgIpc) is 2.88. The summed E-state index contributed by atoms with van der Waals surface area (Å²) < 4.78 is 13.3. The molecule has 0 fully saturated rings. The van der Waals surface area contributed by atoms with Crippen LogP contribution in [0, 0.1) is 12.8 Å². The quantitative estimate of drug-likeness (QED) is 0.207. The fourth-order valence-corrected chi connectivity index (χ4v) is 10.1. The Hall–Kier alpha value is -3.08. The fourth-order valence-electron chi connectivity index (χ4n) is 5.39. The summed E-state index contributed by atoms with van der Waals surface area (Å²) in [6.45, 7) is 19.7. The molecule has 0 spiro atoms. The number of hydrogen-bond donors (Lipinski definition) is 1. The number of phenolic OH excluding ortho intramolecular Hbond substituents is 1. The summed E-state index contributed by atoms with van der Waals surface area (Å²) >= 11 is 0. The normalized spacial score (nSPS) is 14.7. The van der Waals surface area contributed by atoms with E-state index in [1.54, 1.807) is 0 Å². The van der Waals surface area contributed by atoms with Gasteiger partial charge in [-0.2, -0.15) is 0 Å². The molecule has 3 aromatic carbocycles.